The van der Waals surface area contributed by atoms with Crippen molar-refractivity contribution in [2.24, 2.45) is 0 Å². The summed E-state index contributed by atoms with van der Waals surface area (Å²) in [4.78, 5) is 0. The van der Waals surface area contributed by atoms with E-state index in [0.29, 0.717) is 6.71 Å². The topological polar surface area (TPSA) is 3.88 Å². The fourth-order valence-corrected chi connectivity index (χ4v) is 3.14. The molecule has 1 heterocycles. The first-order chi connectivity index (χ1) is 11.2. The quantitative estimate of drug-likeness (QED) is 0.515. The Balaban J connectivity index is 2.08. The highest BCUT2D eigenvalue weighted by atomic mass is 14.9. The molecule has 1 aromatic heterocycles. The van der Waals surface area contributed by atoms with E-state index in [0.717, 1.165) is 6.42 Å². The Morgan fingerprint density at radius 3 is 2.35 bits per heavy atom. The summed E-state index contributed by atoms with van der Waals surface area (Å²) in [7, 11) is 0. The molecule has 0 fully saturated rings. The standard InChI is InChI=1S/C21H23BN/c1-4-18-16-23(15-14-17(18)2)21-13-9-8-12-20(21)22(3)19-10-6-5-7-11-19/h5-16H,4H2,1-3H3/q+1. The van der Waals surface area contributed by atoms with E-state index < -0.39 is 0 Å². The molecule has 2 aromatic carbocycles. The predicted octanol–water partition coefficient (Wildman–Crippen LogP) is 3.07. The highest BCUT2D eigenvalue weighted by Gasteiger charge is 2.21. The van der Waals surface area contributed by atoms with Crippen molar-refractivity contribution < 1.29 is 4.57 Å². The Morgan fingerprint density at radius 2 is 1.61 bits per heavy atom. The van der Waals surface area contributed by atoms with Gasteiger partial charge in [-0.05, 0) is 24.4 Å². The summed E-state index contributed by atoms with van der Waals surface area (Å²) in [6.07, 6.45) is 5.50. The zero-order chi connectivity index (χ0) is 16.2. The lowest BCUT2D eigenvalue weighted by atomic mass is 9.42. The van der Waals surface area contributed by atoms with Gasteiger partial charge in [-0.15, -0.1) is 0 Å². The van der Waals surface area contributed by atoms with Gasteiger partial charge in [-0.2, -0.15) is 4.57 Å². The van der Waals surface area contributed by atoms with Crippen molar-refractivity contribution in [1.82, 2.24) is 0 Å². The Labute approximate surface area is 139 Å². The van der Waals surface area contributed by atoms with Gasteiger partial charge in [0.25, 0.3) is 0 Å². The van der Waals surface area contributed by atoms with Gasteiger partial charge in [-0.3, -0.25) is 0 Å². The summed E-state index contributed by atoms with van der Waals surface area (Å²) in [6, 6.07) is 21.6. The van der Waals surface area contributed by atoms with Crippen molar-refractivity contribution >= 4 is 17.6 Å². The highest BCUT2D eigenvalue weighted by Crippen LogP contribution is 2.07. The molecular weight excluding hydrogens is 277 g/mol. The van der Waals surface area contributed by atoms with E-state index in [1.54, 1.807) is 0 Å². The molecule has 0 N–H and O–H groups in total. The number of nitrogens with zero attached hydrogens (tertiary/aromatic N) is 1. The van der Waals surface area contributed by atoms with Gasteiger partial charge in [0.15, 0.2) is 12.4 Å². The van der Waals surface area contributed by atoms with Crippen molar-refractivity contribution in [2.45, 2.75) is 27.1 Å². The first-order valence-corrected chi connectivity index (χ1v) is 8.35. The highest BCUT2D eigenvalue weighted by molar-refractivity contribution is 6.84. The first kappa shape index (κ1) is 15.5. The monoisotopic (exact) mass is 300 g/mol. The lowest BCUT2D eigenvalue weighted by Gasteiger charge is -2.11. The van der Waals surface area contributed by atoms with Gasteiger partial charge in [0.05, 0.1) is 0 Å². The molecule has 0 saturated heterocycles. The van der Waals surface area contributed by atoms with Gasteiger partial charge in [-0.1, -0.05) is 67.7 Å². The van der Waals surface area contributed by atoms with Crippen LogP contribution in [-0.2, 0) is 6.42 Å². The third-order valence-electron chi connectivity index (χ3n) is 4.65. The largest absolute Gasteiger partial charge is 0.214 e. The van der Waals surface area contributed by atoms with Crippen molar-refractivity contribution in [3.05, 3.63) is 84.2 Å². The number of aromatic nitrogens is 1. The van der Waals surface area contributed by atoms with Crippen LogP contribution in [0.2, 0.25) is 6.82 Å². The summed E-state index contributed by atoms with van der Waals surface area (Å²) in [6.45, 7) is 7.04. The van der Waals surface area contributed by atoms with Gasteiger partial charge in [0.1, 0.15) is 0 Å². The van der Waals surface area contributed by atoms with E-state index in [2.05, 4.69) is 98.3 Å². The van der Waals surface area contributed by atoms with Crippen LogP contribution in [0, 0.1) is 6.92 Å². The minimum atomic E-state index is 0.367. The number of rotatable bonds is 4. The van der Waals surface area contributed by atoms with Crippen molar-refractivity contribution in [1.29, 1.82) is 0 Å². The van der Waals surface area contributed by atoms with E-state index in [4.69, 9.17) is 0 Å². The van der Waals surface area contributed by atoms with Crippen LogP contribution in [0.25, 0.3) is 5.69 Å². The average Bonchev–Trinajstić information content (AvgIpc) is 2.62. The van der Waals surface area contributed by atoms with Crippen LogP contribution in [-0.4, -0.2) is 6.71 Å². The normalized spacial score (nSPS) is 10.6. The number of hydrogen-bond acceptors (Lipinski definition) is 0. The first-order valence-electron chi connectivity index (χ1n) is 8.35. The summed E-state index contributed by atoms with van der Waals surface area (Å²) >= 11 is 0. The minimum Gasteiger partial charge on any atom is -0.167 e. The fourth-order valence-electron chi connectivity index (χ4n) is 3.14. The molecule has 0 aliphatic heterocycles. The van der Waals surface area contributed by atoms with Gasteiger partial charge in [0, 0.05) is 17.7 Å². The molecule has 0 atom stereocenters. The maximum absolute atomic E-state index is 2.28. The third-order valence-corrected chi connectivity index (χ3v) is 4.65. The Hall–Kier alpha value is -2.35. The maximum atomic E-state index is 2.28. The van der Waals surface area contributed by atoms with Crippen molar-refractivity contribution in [3.63, 3.8) is 0 Å². The summed E-state index contributed by atoms with van der Waals surface area (Å²) in [5.41, 5.74) is 6.73. The molecule has 0 unspecified atom stereocenters. The summed E-state index contributed by atoms with van der Waals surface area (Å²) in [5, 5.41) is 0. The number of para-hydroxylation sites is 1. The number of aryl methyl sites for hydroxylation is 2. The maximum Gasteiger partial charge on any atom is 0.214 e. The molecule has 0 amide bonds. The molecule has 0 bridgehead atoms. The van der Waals surface area contributed by atoms with Gasteiger partial charge in [0.2, 0.25) is 12.4 Å². The molecule has 0 saturated carbocycles. The van der Waals surface area contributed by atoms with Crippen LogP contribution < -0.4 is 15.5 Å². The second-order valence-electron chi connectivity index (χ2n) is 6.11. The van der Waals surface area contributed by atoms with Crippen molar-refractivity contribution in [2.75, 3.05) is 0 Å². The molecule has 0 aliphatic carbocycles. The van der Waals surface area contributed by atoms with Gasteiger partial charge in [-0.25, -0.2) is 0 Å². The Morgan fingerprint density at radius 1 is 0.913 bits per heavy atom. The van der Waals surface area contributed by atoms with E-state index in [-0.39, 0.29) is 0 Å². The van der Waals surface area contributed by atoms with E-state index in [9.17, 15) is 0 Å². The molecule has 0 aliphatic rings. The molecule has 1 nitrogen and oxygen atoms in total. The van der Waals surface area contributed by atoms with E-state index in [1.807, 2.05) is 0 Å². The van der Waals surface area contributed by atoms with Crippen LogP contribution in [0.1, 0.15) is 18.1 Å². The van der Waals surface area contributed by atoms with E-state index in [1.165, 1.54) is 27.7 Å². The van der Waals surface area contributed by atoms with Crippen LogP contribution in [0.4, 0.5) is 0 Å². The zero-order valence-electron chi connectivity index (χ0n) is 14.2. The SMILES string of the molecule is CCc1c[n+](-c2ccccc2B(C)c2ccccc2)ccc1C. The van der Waals surface area contributed by atoms with Crippen LogP contribution >= 0.6 is 0 Å². The van der Waals surface area contributed by atoms with Gasteiger partial charge >= 0.3 is 0 Å². The molecule has 23 heavy (non-hydrogen) atoms. The summed E-state index contributed by atoms with van der Waals surface area (Å²) < 4.78 is 2.26. The molecule has 2 heteroatoms. The Kier molecular flexibility index (Phi) is 4.61. The molecule has 0 spiro atoms. The molecule has 3 aromatic rings. The molecular formula is C21H23BN+. The fraction of sp³-hybridized carbons (Fsp3) is 0.190. The second kappa shape index (κ2) is 6.83. The third kappa shape index (κ3) is 3.21. The lowest BCUT2D eigenvalue weighted by Crippen LogP contribution is -2.47. The molecule has 0 radical (unpaired) electrons. The summed E-state index contributed by atoms with van der Waals surface area (Å²) in [5.74, 6) is 0. The molecule has 114 valence electrons. The van der Waals surface area contributed by atoms with Gasteiger partial charge < -0.3 is 0 Å². The van der Waals surface area contributed by atoms with Crippen LogP contribution in [0.15, 0.2) is 73.1 Å². The average molecular weight is 300 g/mol. The Bertz CT molecular complexity index is 796. The van der Waals surface area contributed by atoms with Crippen molar-refractivity contribution in [3.8, 4) is 5.69 Å². The number of pyridine rings is 1. The smallest absolute Gasteiger partial charge is 0.167 e. The minimum absolute atomic E-state index is 0.367. The number of hydrogen-bond donors (Lipinski definition) is 0. The predicted molar refractivity (Wildman–Crippen MR) is 99.4 cm³/mol. The molecule has 3 rings (SSSR count). The second-order valence-corrected chi connectivity index (χ2v) is 6.11. The van der Waals surface area contributed by atoms with Crippen LogP contribution in [0.5, 0.6) is 0 Å². The van der Waals surface area contributed by atoms with E-state index >= 15 is 0 Å². The van der Waals surface area contributed by atoms with Crippen LogP contribution in [0.3, 0.4) is 0 Å². The number of benzene rings is 2. The lowest BCUT2D eigenvalue weighted by molar-refractivity contribution is -0.595. The zero-order valence-corrected chi connectivity index (χ0v) is 14.2.